The van der Waals surface area contributed by atoms with Gasteiger partial charge >= 0.3 is 11.9 Å². The van der Waals surface area contributed by atoms with Gasteiger partial charge in [-0.05, 0) is 48.5 Å². The Balaban J connectivity index is 1.69. The topological polar surface area (TPSA) is 128 Å². The number of para-hydroxylation sites is 2. The average molecular weight is 547 g/mol. The van der Waals surface area contributed by atoms with Crippen LogP contribution in [0.5, 0.6) is 0 Å². The molecular weight excluding hydrogens is 528 g/mol. The number of benzene rings is 3. The van der Waals surface area contributed by atoms with Gasteiger partial charge in [-0.15, -0.1) is 0 Å². The Morgan fingerprint density at radius 3 is 2.00 bits per heavy atom. The van der Waals surface area contributed by atoms with Gasteiger partial charge in [0.25, 0.3) is 15.9 Å². The van der Waals surface area contributed by atoms with Gasteiger partial charge in [0.15, 0.2) is 6.61 Å². The summed E-state index contributed by atoms with van der Waals surface area (Å²) in [5.74, 6) is -2.25. The highest BCUT2D eigenvalue weighted by atomic mass is 79.9. The first-order chi connectivity index (χ1) is 16.2. The Bertz CT molecular complexity index is 1330. The summed E-state index contributed by atoms with van der Waals surface area (Å²) in [5.41, 5.74) is 0.244. The van der Waals surface area contributed by atoms with Gasteiger partial charge in [-0.25, -0.2) is 18.0 Å². The van der Waals surface area contributed by atoms with Gasteiger partial charge in [0.1, 0.15) is 0 Å². The van der Waals surface area contributed by atoms with E-state index in [0.717, 1.165) is 0 Å². The third-order valence-corrected chi connectivity index (χ3v) is 6.37. The number of carbonyl (C=O) groups is 3. The van der Waals surface area contributed by atoms with Crippen molar-refractivity contribution in [2.75, 3.05) is 23.8 Å². The summed E-state index contributed by atoms with van der Waals surface area (Å²) < 4.78 is 38.2. The van der Waals surface area contributed by atoms with Crippen molar-refractivity contribution in [3.05, 3.63) is 88.4 Å². The number of amides is 1. The Morgan fingerprint density at radius 1 is 0.824 bits per heavy atom. The fourth-order valence-corrected chi connectivity index (χ4v) is 4.19. The average Bonchev–Trinajstić information content (AvgIpc) is 2.83. The molecule has 1 amide bonds. The van der Waals surface area contributed by atoms with E-state index in [9.17, 15) is 22.8 Å². The third kappa shape index (κ3) is 6.21. The number of nitrogens with one attached hydrogen (secondary N) is 2. The highest BCUT2D eigenvalue weighted by molar-refractivity contribution is 9.10. The van der Waals surface area contributed by atoms with E-state index >= 15 is 0 Å². The van der Waals surface area contributed by atoms with Crippen molar-refractivity contribution in [1.82, 2.24) is 0 Å². The van der Waals surface area contributed by atoms with Gasteiger partial charge < -0.3 is 14.8 Å². The zero-order chi connectivity index (χ0) is 24.7. The lowest BCUT2D eigenvalue weighted by Gasteiger charge is -2.13. The molecule has 0 aromatic heterocycles. The van der Waals surface area contributed by atoms with Crippen molar-refractivity contribution in [3.8, 4) is 0 Å². The van der Waals surface area contributed by atoms with E-state index in [1.807, 2.05) is 0 Å². The molecule has 3 aromatic rings. The number of rotatable bonds is 8. The van der Waals surface area contributed by atoms with E-state index in [1.165, 1.54) is 49.6 Å². The van der Waals surface area contributed by atoms with E-state index in [2.05, 4.69) is 30.7 Å². The highest BCUT2D eigenvalue weighted by Gasteiger charge is 2.20. The third-order valence-electron chi connectivity index (χ3n) is 4.46. The first-order valence-electron chi connectivity index (χ1n) is 9.73. The normalized spacial score (nSPS) is 10.8. The number of carbonyl (C=O) groups excluding carboxylic acids is 3. The van der Waals surface area contributed by atoms with Crippen LogP contribution in [-0.2, 0) is 24.3 Å². The first kappa shape index (κ1) is 24.9. The number of ether oxygens (including phenoxy) is 2. The molecule has 0 spiro atoms. The van der Waals surface area contributed by atoms with E-state index in [-0.39, 0.29) is 27.4 Å². The first-order valence-corrected chi connectivity index (χ1v) is 12.0. The van der Waals surface area contributed by atoms with Crippen molar-refractivity contribution in [2.24, 2.45) is 0 Å². The highest BCUT2D eigenvalue weighted by Crippen LogP contribution is 2.22. The molecule has 0 unspecified atom stereocenters. The minimum absolute atomic E-state index is 0.00233. The summed E-state index contributed by atoms with van der Waals surface area (Å²) >= 11 is 3.24. The summed E-state index contributed by atoms with van der Waals surface area (Å²) in [6.45, 7) is -0.665. The van der Waals surface area contributed by atoms with Crippen LogP contribution < -0.4 is 10.0 Å². The Labute approximate surface area is 204 Å². The van der Waals surface area contributed by atoms with E-state index < -0.39 is 34.5 Å². The lowest BCUT2D eigenvalue weighted by atomic mass is 10.2. The second kappa shape index (κ2) is 10.9. The Kier molecular flexibility index (Phi) is 8.03. The van der Waals surface area contributed by atoms with Crippen LogP contribution in [0, 0.1) is 0 Å². The summed E-state index contributed by atoms with van der Waals surface area (Å²) in [5, 5.41) is 2.48. The molecule has 2 N–H and O–H groups in total. The van der Waals surface area contributed by atoms with Crippen molar-refractivity contribution in [2.45, 2.75) is 4.90 Å². The van der Waals surface area contributed by atoms with Gasteiger partial charge in [-0.2, -0.15) is 0 Å². The summed E-state index contributed by atoms with van der Waals surface area (Å²) in [7, 11) is -2.76. The quantitative estimate of drug-likeness (QED) is 0.411. The van der Waals surface area contributed by atoms with Gasteiger partial charge in [0, 0.05) is 4.47 Å². The molecule has 0 saturated carbocycles. The van der Waals surface area contributed by atoms with Crippen molar-refractivity contribution >= 4 is 55.2 Å². The second-order valence-corrected chi connectivity index (χ2v) is 9.36. The number of methoxy groups -OCH3 is 1. The Hall–Kier alpha value is -3.70. The summed E-state index contributed by atoms with van der Waals surface area (Å²) in [6, 6.07) is 18.0. The molecule has 0 aliphatic heterocycles. The SMILES string of the molecule is COC(=O)c1ccccc1NC(=O)COC(=O)c1ccccc1NS(=O)(=O)c1ccc(Br)cc1. The molecule has 0 aliphatic rings. The van der Waals surface area contributed by atoms with Crippen LogP contribution in [0.3, 0.4) is 0 Å². The minimum Gasteiger partial charge on any atom is -0.465 e. The maximum atomic E-state index is 12.7. The van der Waals surface area contributed by atoms with Crippen LogP contribution in [-0.4, -0.2) is 40.0 Å². The number of esters is 2. The van der Waals surface area contributed by atoms with Crippen LogP contribution in [0.15, 0.2) is 82.2 Å². The molecule has 9 nitrogen and oxygen atoms in total. The van der Waals surface area contributed by atoms with E-state index in [1.54, 1.807) is 30.3 Å². The molecule has 176 valence electrons. The smallest absolute Gasteiger partial charge is 0.340 e. The summed E-state index contributed by atoms with van der Waals surface area (Å²) in [4.78, 5) is 36.7. The number of halogens is 1. The zero-order valence-electron chi connectivity index (χ0n) is 17.8. The van der Waals surface area contributed by atoms with Gasteiger partial charge in [0.05, 0.1) is 34.5 Å². The van der Waals surface area contributed by atoms with Crippen LogP contribution in [0.4, 0.5) is 11.4 Å². The summed E-state index contributed by atoms with van der Waals surface area (Å²) in [6.07, 6.45) is 0. The second-order valence-electron chi connectivity index (χ2n) is 6.77. The number of sulfonamides is 1. The Morgan fingerprint density at radius 2 is 1.38 bits per heavy atom. The number of hydrogen-bond acceptors (Lipinski definition) is 7. The van der Waals surface area contributed by atoms with E-state index in [0.29, 0.717) is 4.47 Å². The molecule has 0 aliphatic carbocycles. The molecule has 3 aromatic carbocycles. The number of anilines is 2. The molecular formula is C23H19BrN2O7S. The monoisotopic (exact) mass is 546 g/mol. The van der Waals surface area contributed by atoms with Crippen molar-refractivity contribution in [1.29, 1.82) is 0 Å². The molecule has 34 heavy (non-hydrogen) atoms. The minimum atomic E-state index is -3.98. The lowest BCUT2D eigenvalue weighted by Crippen LogP contribution is -2.23. The molecule has 0 radical (unpaired) electrons. The standard InChI is InChI=1S/C23H19BrN2O7S/c1-32-22(28)17-6-2-4-8-19(17)25-21(27)14-33-23(29)18-7-3-5-9-20(18)26-34(30,31)16-12-10-15(24)11-13-16/h2-13,26H,14H2,1H3,(H,25,27). The predicted molar refractivity (Wildman–Crippen MR) is 128 cm³/mol. The van der Waals surface area contributed by atoms with Crippen LogP contribution in [0.25, 0.3) is 0 Å². The molecule has 0 fully saturated rings. The van der Waals surface area contributed by atoms with Gasteiger partial charge in [0.2, 0.25) is 0 Å². The maximum absolute atomic E-state index is 12.7. The zero-order valence-corrected chi connectivity index (χ0v) is 20.2. The maximum Gasteiger partial charge on any atom is 0.340 e. The fourth-order valence-electron chi connectivity index (χ4n) is 2.84. The van der Waals surface area contributed by atoms with Gasteiger partial charge in [-0.1, -0.05) is 40.2 Å². The van der Waals surface area contributed by atoms with Crippen LogP contribution in [0.2, 0.25) is 0 Å². The molecule has 11 heteroatoms. The molecule has 0 bridgehead atoms. The van der Waals surface area contributed by atoms with Crippen molar-refractivity contribution in [3.63, 3.8) is 0 Å². The van der Waals surface area contributed by atoms with Crippen molar-refractivity contribution < 1.29 is 32.3 Å². The number of hydrogen-bond donors (Lipinski definition) is 2. The van der Waals surface area contributed by atoms with E-state index in [4.69, 9.17) is 4.74 Å². The molecule has 0 saturated heterocycles. The lowest BCUT2D eigenvalue weighted by molar-refractivity contribution is -0.119. The molecule has 3 rings (SSSR count). The van der Waals surface area contributed by atoms with Crippen LogP contribution >= 0.6 is 15.9 Å². The predicted octanol–water partition coefficient (Wildman–Crippen LogP) is 3.83. The fraction of sp³-hybridized carbons (Fsp3) is 0.0870. The van der Waals surface area contributed by atoms with Crippen LogP contribution in [0.1, 0.15) is 20.7 Å². The largest absolute Gasteiger partial charge is 0.465 e. The molecule has 0 atom stereocenters. The van der Waals surface area contributed by atoms with Gasteiger partial charge in [-0.3, -0.25) is 9.52 Å². The molecule has 0 heterocycles.